The number of halogens is 1. The normalized spacial score (nSPS) is 15.7. The first-order chi connectivity index (χ1) is 12.2. The van der Waals surface area contributed by atoms with Gasteiger partial charge in [0.15, 0.2) is 5.96 Å². The first kappa shape index (κ1) is 23.0. The van der Waals surface area contributed by atoms with Crippen LogP contribution in [0, 0.1) is 0 Å². The van der Waals surface area contributed by atoms with E-state index in [-0.39, 0.29) is 30.1 Å². The number of hydrogen-bond acceptors (Lipinski definition) is 4. The SMILES string of the molecule is CN=C(NCCN(C)CCOC)N1CCC(Oc2ccccc2)CC1.I. The molecule has 0 saturated carbocycles. The van der Waals surface area contributed by atoms with Crippen LogP contribution in [0.15, 0.2) is 35.3 Å². The zero-order chi connectivity index (χ0) is 17.9. The van der Waals surface area contributed by atoms with Crippen LogP contribution in [-0.4, -0.2) is 82.4 Å². The molecule has 0 aliphatic carbocycles. The number of ether oxygens (including phenoxy) is 2. The van der Waals surface area contributed by atoms with Crippen LogP contribution in [0.2, 0.25) is 0 Å². The van der Waals surface area contributed by atoms with Gasteiger partial charge in [0.05, 0.1) is 6.61 Å². The van der Waals surface area contributed by atoms with Gasteiger partial charge in [0.2, 0.25) is 0 Å². The van der Waals surface area contributed by atoms with Crippen LogP contribution in [0.5, 0.6) is 5.75 Å². The second kappa shape index (κ2) is 13.2. The first-order valence-electron chi connectivity index (χ1n) is 9.07. The number of guanidine groups is 1. The van der Waals surface area contributed by atoms with Gasteiger partial charge in [-0.1, -0.05) is 18.2 Å². The Morgan fingerprint density at radius 2 is 1.92 bits per heavy atom. The number of aliphatic imine (C=N–C) groups is 1. The molecule has 0 radical (unpaired) electrons. The van der Waals surface area contributed by atoms with Crippen molar-refractivity contribution in [3.63, 3.8) is 0 Å². The Labute approximate surface area is 175 Å². The van der Waals surface area contributed by atoms with Gasteiger partial charge in [0.25, 0.3) is 0 Å². The molecule has 0 atom stereocenters. The third-order valence-corrected chi connectivity index (χ3v) is 4.45. The number of benzene rings is 1. The van der Waals surface area contributed by atoms with E-state index in [9.17, 15) is 0 Å². The summed E-state index contributed by atoms with van der Waals surface area (Å²) in [5.41, 5.74) is 0. The zero-order valence-corrected chi connectivity index (χ0v) is 18.5. The summed E-state index contributed by atoms with van der Waals surface area (Å²) in [4.78, 5) is 9.00. The Bertz CT molecular complexity index is 508. The summed E-state index contributed by atoms with van der Waals surface area (Å²) in [5, 5.41) is 3.46. The number of methoxy groups -OCH3 is 1. The highest BCUT2D eigenvalue weighted by molar-refractivity contribution is 14.0. The Hall–Kier alpha value is -1.06. The first-order valence-corrected chi connectivity index (χ1v) is 9.07. The van der Waals surface area contributed by atoms with E-state index < -0.39 is 0 Å². The molecule has 1 heterocycles. The molecule has 1 aromatic rings. The smallest absolute Gasteiger partial charge is 0.193 e. The van der Waals surface area contributed by atoms with Crippen LogP contribution in [0.4, 0.5) is 0 Å². The molecule has 1 aliphatic heterocycles. The van der Waals surface area contributed by atoms with E-state index >= 15 is 0 Å². The molecule has 26 heavy (non-hydrogen) atoms. The van der Waals surface area contributed by atoms with Gasteiger partial charge in [-0.15, -0.1) is 24.0 Å². The van der Waals surface area contributed by atoms with E-state index in [0.29, 0.717) is 0 Å². The molecular formula is C19H33IN4O2. The number of nitrogens with one attached hydrogen (secondary N) is 1. The minimum Gasteiger partial charge on any atom is -0.490 e. The molecule has 1 saturated heterocycles. The number of para-hydroxylation sites is 1. The number of likely N-dealkylation sites (tertiary alicyclic amines) is 1. The van der Waals surface area contributed by atoms with E-state index in [2.05, 4.69) is 27.2 Å². The Morgan fingerprint density at radius 1 is 1.23 bits per heavy atom. The topological polar surface area (TPSA) is 49.3 Å². The summed E-state index contributed by atoms with van der Waals surface area (Å²) < 4.78 is 11.2. The van der Waals surface area contributed by atoms with Crippen molar-refractivity contribution >= 4 is 29.9 Å². The predicted octanol–water partition coefficient (Wildman–Crippen LogP) is 2.30. The highest BCUT2D eigenvalue weighted by Gasteiger charge is 2.22. The summed E-state index contributed by atoms with van der Waals surface area (Å²) >= 11 is 0. The van der Waals surface area contributed by atoms with Crippen LogP contribution in [-0.2, 0) is 4.74 Å². The van der Waals surface area contributed by atoms with Gasteiger partial charge in [-0.2, -0.15) is 0 Å². The minimum atomic E-state index is 0. The van der Waals surface area contributed by atoms with Crippen LogP contribution < -0.4 is 10.1 Å². The molecule has 0 amide bonds. The summed E-state index contributed by atoms with van der Waals surface area (Å²) in [5.74, 6) is 1.95. The summed E-state index contributed by atoms with van der Waals surface area (Å²) in [6.07, 6.45) is 2.32. The molecule has 148 valence electrons. The van der Waals surface area contributed by atoms with Crippen molar-refractivity contribution in [2.75, 3.05) is 60.5 Å². The lowest BCUT2D eigenvalue weighted by Crippen LogP contribution is -2.48. The Kier molecular flexibility index (Phi) is 11.6. The van der Waals surface area contributed by atoms with Crippen LogP contribution >= 0.6 is 24.0 Å². The summed E-state index contributed by atoms with van der Waals surface area (Å²) in [6.45, 7) is 5.50. The predicted molar refractivity (Wildman–Crippen MR) is 118 cm³/mol. The maximum Gasteiger partial charge on any atom is 0.193 e. The largest absolute Gasteiger partial charge is 0.490 e. The fraction of sp³-hybridized carbons (Fsp3) is 0.632. The van der Waals surface area contributed by atoms with Gasteiger partial charge in [-0.3, -0.25) is 4.99 Å². The van der Waals surface area contributed by atoms with Gasteiger partial charge < -0.3 is 24.6 Å². The van der Waals surface area contributed by atoms with Crippen molar-refractivity contribution < 1.29 is 9.47 Å². The molecule has 2 rings (SSSR count). The lowest BCUT2D eigenvalue weighted by atomic mass is 10.1. The third-order valence-electron chi connectivity index (χ3n) is 4.45. The van der Waals surface area contributed by atoms with Crippen molar-refractivity contribution in [2.24, 2.45) is 4.99 Å². The minimum absolute atomic E-state index is 0. The van der Waals surface area contributed by atoms with Gasteiger partial charge in [-0.05, 0) is 19.2 Å². The molecule has 6 nitrogen and oxygen atoms in total. The van der Waals surface area contributed by atoms with E-state index in [1.807, 2.05) is 37.4 Å². The molecule has 1 aliphatic rings. The van der Waals surface area contributed by atoms with Crippen molar-refractivity contribution in [1.29, 1.82) is 0 Å². The van der Waals surface area contributed by atoms with Crippen molar-refractivity contribution in [3.8, 4) is 5.75 Å². The highest BCUT2D eigenvalue weighted by atomic mass is 127. The quantitative estimate of drug-likeness (QED) is 0.355. The van der Waals surface area contributed by atoms with E-state index in [1.165, 1.54) is 0 Å². The van der Waals surface area contributed by atoms with Crippen molar-refractivity contribution in [3.05, 3.63) is 30.3 Å². The van der Waals surface area contributed by atoms with Crippen LogP contribution in [0.25, 0.3) is 0 Å². The average molecular weight is 476 g/mol. The molecule has 1 fully saturated rings. The number of likely N-dealkylation sites (N-methyl/N-ethyl adjacent to an activating group) is 1. The Morgan fingerprint density at radius 3 is 2.54 bits per heavy atom. The molecule has 0 spiro atoms. The lowest BCUT2D eigenvalue weighted by Gasteiger charge is -2.34. The maximum atomic E-state index is 6.06. The molecule has 1 N–H and O–H groups in total. The third kappa shape index (κ3) is 8.09. The van der Waals surface area contributed by atoms with Crippen LogP contribution in [0.3, 0.4) is 0 Å². The van der Waals surface area contributed by atoms with Gasteiger partial charge >= 0.3 is 0 Å². The Balaban J connectivity index is 0.00000338. The van der Waals surface area contributed by atoms with Gasteiger partial charge in [-0.25, -0.2) is 0 Å². The van der Waals surface area contributed by atoms with Crippen molar-refractivity contribution in [1.82, 2.24) is 15.1 Å². The molecule has 1 aromatic carbocycles. The van der Waals surface area contributed by atoms with Gasteiger partial charge in [0.1, 0.15) is 11.9 Å². The number of piperidine rings is 1. The van der Waals surface area contributed by atoms with Crippen LogP contribution in [0.1, 0.15) is 12.8 Å². The summed E-state index contributed by atoms with van der Waals surface area (Å²) in [6, 6.07) is 10.1. The highest BCUT2D eigenvalue weighted by Crippen LogP contribution is 2.18. The number of nitrogens with zero attached hydrogens (tertiary/aromatic N) is 3. The molecule has 7 heteroatoms. The molecule has 0 bridgehead atoms. The summed E-state index contributed by atoms with van der Waals surface area (Å²) in [7, 11) is 5.69. The molecular weight excluding hydrogens is 443 g/mol. The molecule has 0 aromatic heterocycles. The van der Waals surface area contributed by atoms with E-state index in [1.54, 1.807) is 7.11 Å². The van der Waals surface area contributed by atoms with Crippen molar-refractivity contribution in [2.45, 2.75) is 18.9 Å². The zero-order valence-electron chi connectivity index (χ0n) is 16.2. The number of hydrogen-bond donors (Lipinski definition) is 1. The molecule has 0 unspecified atom stereocenters. The van der Waals surface area contributed by atoms with E-state index in [4.69, 9.17) is 9.47 Å². The van der Waals surface area contributed by atoms with E-state index in [0.717, 1.165) is 63.9 Å². The monoisotopic (exact) mass is 476 g/mol. The number of rotatable bonds is 8. The lowest BCUT2D eigenvalue weighted by molar-refractivity contribution is 0.129. The second-order valence-electron chi connectivity index (χ2n) is 6.39. The second-order valence-corrected chi connectivity index (χ2v) is 6.39. The fourth-order valence-electron chi connectivity index (χ4n) is 2.93. The van der Waals surface area contributed by atoms with Gasteiger partial charge in [0, 0.05) is 59.7 Å². The standard InChI is InChI=1S/C19H32N4O2.HI/c1-20-19(21-11-14-22(2)15-16-24-3)23-12-9-18(10-13-23)25-17-7-5-4-6-8-17;/h4-8,18H,9-16H2,1-3H3,(H,20,21);1H. The average Bonchev–Trinajstić information content (AvgIpc) is 2.65. The fourth-order valence-corrected chi connectivity index (χ4v) is 2.93. The maximum absolute atomic E-state index is 6.06.